The summed E-state index contributed by atoms with van der Waals surface area (Å²) < 4.78 is 5.22. The van der Waals surface area contributed by atoms with Crippen LogP contribution in [-0.2, 0) is 11.3 Å². The van der Waals surface area contributed by atoms with E-state index in [0.29, 0.717) is 0 Å². The summed E-state index contributed by atoms with van der Waals surface area (Å²) in [5.41, 5.74) is 1.80. The number of rotatable bonds is 5. The van der Waals surface area contributed by atoms with Crippen LogP contribution in [0.25, 0.3) is 0 Å². The van der Waals surface area contributed by atoms with Crippen molar-refractivity contribution >= 4 is 6.09 Å². The quantitative estimate of drug-likeness (QED) is 0.912. The highest BCUT2D eigenvalue weighted by Gasteiger charge is 2.21. The van der Waals surface area contributed by atoms with E-state index >= 15 is 0 Å². The van der Waals surface area contributed by atoms with Crippen molar-refractivity contribution in [2.75, 3.05) is 0 Å². The van der Waals surface area contributed by atoms with Gasteiger partial charge in [0.2, 0.25) is 0 Å². The Bertz CT molecular complexity index is 635. The van der Waals surface area contributed by atoms with Crippen LogP contribution in [0.2, 0.25) is 0 Å². The van der Waals surface area contributed by atoms with Crippen molar-refractivity contribution in [1.82, 2.24) is 5.32 Å². The molecule has 2 aromatic carbocycles. The number of ether oxygens (including phenoxy) is 1. The van der Waals surface area contributed by atoms with Gasteiger partial charge in [-0.25, -0.2) is 4.79 Å². The van der Waals surface area contributed by atoms with Crippen LogP contribution in [0.3, 0.4) is 0 Å². The number of benzene rings is 2. The molecule has 4 nitrogen and oxygen atoms in total. The van der Waals surface area contributed by atoms with Crippen LogP contribution in [0, 0.1) is 17.2 Å². The molecule has 0 unspecified atom stereocenters. The van der Waals surface area contributed by atoms with E-state index in [-0.39, 0.29) is 12.5 Å². The topological polar surface area (TPSA) is 62.1 Å². The molecule has 1 N–H and O–H groups in total. The van der Waals surface area contributed by atoms with Crippen LogP contribution in [0.15, 0.2) is 60.7 Å². The van der Waals surface area contributed by atoms with Crippen molar-refractivity contribution in [1.29, 1.82) is 5.26 Å². The summed E-state index contributed by atoms with van der Waals surface area (Å²) in [4.78, 5) is 12.0. The lowest BCUT2D eigenvalue weighted by Gasteiger charge is -2.21. The molecule has 0 aliphatic heterocycles. The average Bonchev–Trinajstić information content (AvgIpc) is 2.59. The third kappa shape index (κ3) is 4.35. The Morgan fingerprint density at radius 1 is 1.14 bits per heavy atom. The number of carbonyl (C=O) groups is 1. The molecule has 112 valence electrons. The van der Waals surface area contributed by atoms with E-state index in [0.717, 1.165) is 11.1 Å². The highest BCUT2D eigenvalue weighted by molar-refractivity contribution is 5.68. The number of amides is 1. The van der Waals surface area contributed by atoms with Gasteiger partial charge in [-0.1, -0.05) is 60.7 Å². The van der Waals surface area contributed by atoms with Crippen LogP contribution in [-0.4, -0.2) is 6.09 Å². The van der Waals surface area contributed by atoms with Gasteiger partial charge in [-0.15, -0.1) is 0 Å². The van der Waals surface area contributed by atoms with E-state index in [4.69, 9.17) is 10.00 Å². The number of nitrogens with one attached hydrogen (secondary N) is 1. The molecule has 0 saturated carbocycles. The van der Waals surface area contributed by atoms with E-state index in [1.165, 1.54) is 0 Å². The van der Waals surface area contributed by atoms with Crippen molar-refractivity contribution in [2.24, 2.45) is 5.92 Å². The predicted octanol–water partition coefficient (Wildman–Crippen LogP) is 3.81. The highest BCUT2D eigenvalue weighted by atomic mass is 16.5. The molecule has 0 heterocycles. The molecule has 4 heteroatoms. The van der Waals surface area contributed by atoms with Crippen LogP contribution >= 0.6 is 0 Å². The van der Waals surface area contributed by atoms with Gasteiger partial charge < -0.3 is 10.1 Å². The third-order valence-corrected chi connectivity index (χ3v) is 3.35. The van der Waals surface area contributed by atoms with Crippen LogP contribution in [0.1, 0.15) is 24.1 Å². The van der Waals surface area contributed by atoms with Gasteiger partial charge in [0, 0.05) is 0 Å². The molecule has 0 bridgehead atoms. The molecule has 2 aromatic rings. The van der Waals surface area contributed by atoms with Gasteiger partial charge in [0.15, 0.2) is 0 Å². The summed E-state index contributed by atoms with van der Waals surface area (Å²) in [6.07, 6.45) is -0.528. The Balaban J connectivity index is 1.98. The molecule has 0 aliphatic rings. The minimum Gasteiger partial charge on any atom is -0.445 e. The van der Waals surface area contributed by atoms with Gasteiger partial charge in [0.25, 0.3) is 0 Å². The fourth-order valence-corrected chi connectivity index (χ4v) is 2.12. The van der Waals surface area contributed by atoms with E-state index < -0.39 is 12.1 Å². The van der Waals surface area contributed by atoms with Crippen LogP contribution < -0.4 is 5.32 Å². The van der Waals surface area contributed by atoms with Gasteiger partial charge in [-0.05, 0) is 18.1 Å². The highest BCUT2D eigenvalue weighted by Crippen LogP contribution is 2.21. The van der Waals surface area contributed by atoms with Gasteiger partial charge in [-0.3, -0.25) is 0 Å². The smallest absolute Gasteiger partial charge is 0.407 e. The standard InChI is InChI=1S/C18H18N2O2/c1-14(12-19)17(16-10-6-3-7-11-16)20-18(21)22-13-15-8-4-2-5-9-15/h2-11,14,17H,13H2,1H3,(H,20,21)/t14-,17-/m0/s1. The molecule has 2 atom stereocenters. The summed E-state index contributed by atoms with van der Waals surface area (Å²) in [6, 6.07) is 20.7. The number of alkyl carbamates (subject to hydrolysis) is 1. The van der Waals surface area contributed by atoms with Gasteiger partial charge in [0.05, 0.1) is 18.0 Å². The lowest BCUT2D eigenvalue weighted by molar-refractivity contribution is 0.133. The normalized spacial score (nSPS) is 12.7. The summed E-state index contributed by atoms with van der Waals surface area (Å²) in [6.45, 7) is 1.98. The average molecular weight is 294 g/mol. The molecule has 2 rings (SSSR count). The molecule has 22 heavy (non-hydrogen) atoms. The number of nitriles is 1. The van der Waals surface area contributed by atoms with Gasteiger partial charge in [-0.2, -0.15) is 5.26 Å². The van der Waals surface area contributed by atoms with E-state index in [1.807, 2.05) is 60.7 Å². The van der Waals surface area contributed by atoms with E-state index in [1.54, 1.807) is 6.92 Å². The third-order valence-electron chi connectivity index (χ3n) is 3.35. The summed E-state index contributed by atoms with van der Waals surface area (Å²) in [5, 5.41) is 11.9. The van der Waals surface area contributed by atoms with Crippen molar-refractivity contribution in [3.8, 4) is 6.07 Å². The first-order valence-corrected chi connectivity index (χ1v) is 7.12. The summed E-state index contributed by atoms with van der Waals surface area (Å²) >= 11 is 0. The van der Waals surface area contributed by atoms with E-state index in [2.05, 4.69) is 11.4 Å². The molecule has 0 aromatic heterocycles. The summed E-state index contributed by atoms with van der Waals surface area (Å²) in [7, 11) is 0. The van der Waals surface area contributed by atoms with Gasteiger partial charge >= 0.3 is 6.09 Å². The maximum atomic E-state index is 12.0. The number of hydrogen-bond donors (Lipinski definition) is 1. The minimum atomic E-state index is -0.528. The Morgan fingerprint density at radius 3 is 2.32 bits per heavy atom. The predicted molar refractivity (Wildman–Crippen MR) is 83.7 cm³/mol. The van der Waals surface area contributed by atoms with Crippen molar-refractivity contribution < 1.29 is 9.53 Å². The maximum Gasteiger partial charge on any atom is 0.407 e. The van der Waals surface area contributed by atoms with Crippen LogP contribution in [0.5, 0.6) is 0 Å². The second-order valence-electron chi connectivity index (χ2n) is 5.01. The van der Waals surface area contributed by atoms with Crippen molar-refractivity contribution in [3.05, 3.63) is 71.8 Å². The zero-order chi connectivity index (χ0) is 15.8. The Hall–Kier alpha value is -2.80. The van der Waals surface area contributed by atoms with Crippen molar-refractivity contribution in [2.45, 2.75) is 19.6 Å². The Kier molecular flexibility index (Phi) is 5.56. The molecule has 0 aliphatic carbocycles. The fourth-order valence-electron chi connectivity index (χ4n) is 2.12. The minimum absolute atomic E-state index is 0.203. The van der Waals surface area contributed by atoms with Crippen LogP contribution in [0.4, 0.5) is 4.79 Å². The largest absolute Gasteiger partial charge is 0.445 e. The first kappa shape index (κ1) is 15.6. The molecular weight excluding hydrogens is 276 g/mol. The lowest BCUT2D eigenvalue weighted by atomic mass is 9.96. The van der Waals surface area contributed by atoms with Gasteiger partial charge in [0.1, 0.15) is 6.61 Å². The monoisotopic (exact) mass is 294 g/mol. The summed E-state index contributed by atoms with van der Waals surface area (Å²) in [5.74, 6) is -0.355. The first-order chi connectivity index (χ1) is 10.7. The number of carbonyl (C=O) groups excluding carboxylic acids is 1. The van der Waals surface area contributed by atoms with E-state index in [9.17, 15) is 4.79 Å². The maximum absolute atomic E-state index is 12.0. The van der Waals surface area contributed by atoms with Crippen molar-refractivity contribution in [3.63, 3.8) is 0 Å². The molecule has 1 amide bonds. The zero-order valence-corrected chi connectivity index (χ0v) is 12.4. The lowest BCUT2D eigenvalue weighted by Crippen LogP contribution is -2.32. The Labute approximate surface area is 130 Å². The molecule has 0 fully saturated rings. The first-order valence-electron chi connectivity index (χ1n) is 7.12. The molecule has 0 radical (unpaired) electrons. The second kappa shape index (κ2) is 7.84. The second-order valence-corrected chi connectivity index (χ2v) is 5.01. The number of nitrogens with zero attached hydrogens (tertiary/aromatic N) is 1. The molecular formula is C18H18N2O2. The zero-order valence-electron chi connectivity index (χ0n) is 12.4. The Morgan fingerprint density at radius 2 is 1.73 bits per heavy atom. The molecule has 0 spiro atoms. The molecule has 0 saturated heterocycles. The SMILES string of the molecule is C[C@@H](C#N)[C@H](NC(=O)OCc1ccccc1)c1ccccc1. The fraction of sp³-hybridized carbons (Fsp3) is 0.222. The number of hydrogen-bond acceptors (Lipinski definition) is 3.